The quantitative estimate of drug-likeness (QED) is 0.298. The number of nitrogens with two attached hydrogens (primary N) is 1. The summed E-state index contributed by atoms with van der Waals surface area (Å²) in [5.41, 5.74) is 5.78. The topological polar surface area (TPSA) is 50.4 Å². The molecular weight excluding hydrogens is 345 g/mol. The van der Waals surface area contributed by atoms with E-state index in [0.717, 1.165) is 24.6 Å². The van der Waals surface area contributed by atoms with Crippen molar-refractivity contribution in [3.63, 3.8) is 0 Å². The van der Waals surface area contributed by atoms with Gasteiger partial charge in [0.1, 0.15) is 0 Å². The third-order valence-corrected chi connectivity index (χ3v) is 2.98. The maximum atomic E-state index is 5.78. The highest BCUT2D eigenvalue weighted by molar-refractivity contribution is 14.0. The van der Waals surface area contributed by atoms with Gasteiger partial charge in [0.05, 0.1) is 6.54 Å². The monoisotopic (exact) mass is 373 g/mol. The van der Waals surface area contributed by atoms with E-state index in [2.05, 4.69) is 37.3 Å². The largest absolute Gasteiger partial charge is 0.370 e. The van der Waals surface area contributed by atoms with Gasteiger partial charge >= 0.3 is 0 Å². The van der Waals surface area contributed by atoms with Crippen LogP contribution in [-0.2, 0) is 0 Å². The van der Waals surface area contributed by atoms with Crippen LogP contribution in [0.4, 0.5) is 0 Å². The van der Waals surface area contributed by atoms with E-state index in [4.69, 9.17) is 5.73 Å². The zero-order chi connectivity index (χ0) is 12.4. The minimum atomic E-state index is 0. The van der Waals surface area contributed by atoms with E-state index in [1.165, 1.54) is 12.8 Å². The van der Waals surface area contributed by atoms with Crippen molar-refractivity contribution in [1.82, 2.24) is 5.32 Å². The Kier molecular flexibility index (Phi) is 14.8. The minimum Gasteiger partial charge on any atom is -0.370 e. The van der Waals surface area contributed by atoms with Gasteiger partial charge in [0.25, 0.3) is 0 Å². The van der Waals surface area contributed by atoms with Crippen LogP contribution >= 0.6 is 35.7 Å². The molecule has 3 N–H and O–H groups in total. The minimum absolute atomic E-state index is 0. The average molecular weight is 373 g/mol. The van der Waals surface area contributed by atoms with E-state index in [9.17, 15) is 0 Å². The van der Waals surface area contributed by atoms with Crippen molar-refractivity contribution in [2.24, 2.45) is 16.6 Å². The molecule has 0 fully saturated rings. The highest BCUT2D eigenvalue weighted by atomic mass is 127. The normalized spacial score (nSPS) is 13.4. The lowest BCUT2D eigenvalue weighted by Gasteiger charge is -2.14. The number of guanidine groups is 1. The summed E-state index contributed by atoms with van der Waals surface area (Å²) in [7, 11) is 0. The summed E-state index contributed by atoms with van der Waals surface area (Å²) in [6, 6.07) is 0.428. The van der Waals surface area contributed by atoms with Gasteiger partial charge in [0.15, 0.2) is 5.96 Å². The highest BCUT2D eigenvalue weighted by Gasteiger charge is 2.03. The van der Waals surface area contributed by atoms with Gasteiger partial charge in [-0.1, -0.05) is 26.7 Å². The molecule has 0 bridgehead atoms. The van der Waals surface area contributed by atoms with Gasteiger partial charge < -0.3 is 11.1 Å². The predicted molar refractivity (Wildman–Crippen MR) is 91.6 cm³/mol. The molecule has 17 heavy (non-hydrogen) atoms. The Labute approximate surface area is 128 Å². The van der Waals surface area contributed by atoms with Crippen molar-refractivity contribution in [2.45, 2.75) is 46.1 Å². The SMILES string of the molecule is CSCCN=C(N)NC(C)CCCC(C)C.I. The van der Waals surface area contributed by atoms with Crippen LogP contribution in [0.1, 0.15) is 40.0 Å². The number of nitrogens with one attached hydrogen (secondary N) is 1. The molecule has 0 saturated heterocycles. The lowest BCUT2D eigenvalue weighted by atomic mass is 10.0. The molecule has 1 atom stereocenters. The van der Waals surface area contributed by atoms with Crippen molar-refractivity contribution in [2.75, 3.05) is 18.6 Å². The number of nitrogens with zero attached hydrogens (tertiary/aromatic N) is 1. The molecule has 0 aliphatic heterocycles. The molecule has 0 aromatic heterocycles. The molecule has 0 saturated carbocycles. The van der Waals surface area contributed by atoms with E-state index >= 15 is 0 Å². The molecule has 0 aliphatic rings. The summed E-state index contributed by atoms with van der Waals surface area (Å²) in [6.45, 7) is 7.49. The predicted octanol–water partition coefficient (Wildman–Crippen LogP) is 3.09. The molecule has 0 rings (SSSR count). The first-order valence-electron chi connectivity index (χ1n) is 6.11. The number of hydrogen-bond donors (Lipinski definition) is 2. The molecule has 5 heteroatoms. The molecule has 0 aliphatic carbocycles. The Balaban J connectivity index is 0. The smallest absolute Gasteiger partial charge is 0.188 e. The van der Waals surface area contributed by atoms with E-state index in [1.54, 1.807) is 11.8 Å². The highest BCUT2D eigenvalue weighted by Crippen LogP contribution is 2.07. The maximum absolute atomic E-state index is 5.78. The Morgan fingerprint density at radius 2 is 1.94 bits per heavy atom. The fourth-order valence-electron chi connectivity index (χ4n) is 1.46. The summed E-state index contributed by atoms with van der Waals surface area (Å²) in [5.74, 6) is 2.41. The van der Waals surface area contributed by atoms with Crippen LogP contribution in [0.15, 0.2) is 4.99 Å². The van der Waals surface area contributed by atoms with Gasteiger partial charge in [-0.2, -0.15) is 11.8 Å². The van der Waals surface area contributed by atoms with Gasteiger partial charge in [0.2, 0.25) is 0 Å². The van der Waals surface area contributed by atoms with Crippen molar-refractivity contribution in [3.8, 4) is 0 Å². The van der Waals surface area contributed by atoms with Crippen LogP contribution in [0.2, 0.25) is 0 Å². The van der Waals surface area contributed by atoms with Crippen LogP contribution in [-0.4, -0.2) is 30.6 Å². The van der Waals surface area contributed by atoms with E-state index in [-0.39, 0.29) is 24.0 Å². The van der Waals surface area contributed by atoms with Gasteiger partial charge in [-0.3, -0.25) is 4.99 Å². The van der Waals surface area contributed by atoms with Crippen LogP contribution in [0, 0.1) is 5.92 Å². The zero-order valence-electron chi connectivity index (χ0n) is 11.5. The third kappa shape index (κ3) is 14.3. The van der Waals surface area contributed by atoms with E-state index in [1.807, 2.05) is 0 Å². The Morgan fingerprint density at radius 3 is 2.47 bits per heavy atom. The number of aliphatic imine (C=N–C) groups is 1. The Hall–Kier alpha value is 0.350. The summed E-state index contributed by atoms with van der Waals surface area (Å²) in [5, 5.41) is 3.23. The molecule has 0 radical (unpaired) electrons. The molecule has 1 unspecified atom stereocenters. The molecule has 0 heterocycles. The van der Waals surface area contributed by atoms with E-state index in [0.29, 0.717) is 12.0 Å². The first-order valence-corrected chi connectivity index (χ1v) is 7.51. The maximum Gasteiger partial charge on any atom is 0.188 e. The summed E-state index contributed by atoms with van der Waals surface area (Å²) >= 11 is 1.79. The number of hydrogen-bond acceptors (Lipinski definition) is 2. The Bertz CT molecular complexity index is 198. The first kappa shape index (κ1) is 19.7. The van der Waals surface area contributed by atoms with Crippen LogP contribution in [0.25, 0.3) is 0 Å². The second-order valence-corrected chi connectivity index (χ2v) is 5.62. The lowest BCUT2D eigenvalue weighted by Crippen LogP contribution is -2.38. The standard InChI is InChI=1S/C12H27N3S.HI/c1-10(2)6-5-7-11(3)15-12(13)14-8-9-16-4;/h10-11H,5-9H2,1-4H3,(H3,13,14,15);1H. The van der Waals surface area contributed by atoms with Crippen LogP contribution < -0.4 is 11.1 Å². The molecule has 104 valence electrons. The Morgan fingerprint density at radius 1 is 1.29 bits per heavy atom. The van der Waals surface area contributed by atoms with Crippen molar-refractivity contribution in [3.05, 3.63) is 0 Å². The summed E-state index contributed by atoms with van der Waals surface area (Å²) < 4.78 is 0. The molecule has 0 spiro atoms. The van der Waals surface area contributed by atoms with Crippen molar-refractivity contribution in [1.29, 1.82) is 0 Å². The first-order chi connectivity index (χ1) is 7.56. The number of rotatable bonds is 8. The second kappa shape index (κ2) is 12.8. The fraction of sp³-hybridized carbons (Fsp3) is 0.917. The van der Waals surface area contributed by atoms with Crippen molar-refractivity contribution < 1.29 is 0 Å². The van der Waals surface area contributed by atoms with Crippen LogP contribution in [0.3, 0.4) is 0 Å². The van der Waals surface area contributed by atoms with E-state index < -0.39 is 0 Å². The van der Waals surface area contributed by atoms with Gasteiger partial charge in [0, 0.05) is 11.8 Å². The average Bonchev–Trinajstić information content (AvgIpc) is 2.17. The lowest BCUT2D eigenvalue weighted by molar-refractivity contribution is 0.493. The molecule has 0 aromatic carbocycles. The van der Waals surface area contributed by atoms with Crippen molar-refractivity contribution >= 4 is 41.7 Å². The second-order valence-electron chi connectivity index (χ2n) is 4.63. The molecule has 0 aromatic rings. The number of halogens is 1. The van der Waals surface area contributed by atoms with Gasteiger partial charge in [-0.05, 0) is 25.5 Å². The number of thioether (sulfide) groups is 1. The van der Waals surface area contributed by atoms with Gasteiger partial charge in [-0.15, -0.1) is 24.0 Å². The van der Waals surface area contributed by atoms with Crippen LogP contribution in [0.5, 0.6) is 0 Å². The fourth-order valence-corrected chi connectivity index (χ4v) is 1.73. The molecule has 0 amide bonds. The third-order valence-electron chi connectivity index (χ3n) is 2.39. The molecular formula is C12H28IN3S. The van der Waals surface area contributed by atoms with Gasteiger partial charge in [-0.25, -0.2) is 0 Å². The summed E-state index contributed by atoms with van der Waals surface area (Å²) in [6.07, 6.45) is 5.78. The molecule has 3 nitrogen and oxygen atoms in total. The zero-order valence-corrected chi connectivity index (χ0v) is 14.7. The summed E-state index contributed by atoms with van der Waals surface area (Å²) in [4.78, 5) is 4.26.